The van der Waals surface area contributed by atoms with Crippen molar-refractivity contribution in [3.8, 4) is 0 Å². The van der Waals surface area contributed by atoms with E-state index < -0.39 is 0 Å². The van der Waals surface area contributed by atoms with Crippen LogP contribution in [-0.4, -0.2) is 35.7 Å². The summed E-state index contributed by atoms with van der Waals surface area (Å²) >= 11 is 10.3. The maximum atomic E-state index is 5.14. The van der Waals surface area contributed by atoms with Crippen LogP contribution in [-0.2, 0) is 0 Å². The molecule has 134 valence electrons. The molecule has 0 radical (unpaired) electrons. The fourth-order valence-corrected chi connectivity index (χ4v) is 2.15. The van der Waals surface area contributed by atoms with Gasteiger partial charge in [-0.2, -0.15) is 10.2 Å². The first-order valence-electron chi connectivity index (χ1n) is 7.98. The van der Waals surface area contributed by atoms with E-state index in [-0.39, 0.29) is 0 Å². The second kappa shape index (κ2) is 11.7. The molecule has 26 heavy (non-hydrogen) atoms. The Morgan fingerprint density at radius 1 is 0.692 bits per heavy atom. The Balaban J connectivity index is 1.55. The molecule has 0 aliphatic heterocycles. The fourth-order valence-electron chi connectivity index (χ4n) is 1.84. The number of thiocarbonyl (C=S) groups is 2. The van der Waals surface area contributed by atoms with Gasteiger partial charge >= 0.3 is 0 Å². The average Bonchev–Trinajstić information content (AvgIpc) is 2.67. The van der Waals surface area contributed by atoms with Crippen molar-refractivity contribution >= 4 is 47.1 Å². The van der Waals surface area contributed by atoms with Crippen molar-refractivity contribution in [2.75, 3.05) is 13.1 Å². The number of hydrogen-bond acceptors (Lipinski definition) is 4. The van der Waals surface area contributed by atoms with Gasteiger partial charge in [0.2, 0.25) is 0 Å². The summed E-state index contributed by atoms with van der Waals surface area (Å²) in [6, 6.07) is 19.5. The van der Waals surface area contributed by atoms with Crippen LogP contribution in [0.1, 0.15) is 11.1 Å². The SMILES string of the molecule is S=C(NCCNC(=S)N/N=C/c1ccccc1)N/N=C/c1ccccc1. The number of hydrazone groups is 2. The van der Waals surface area contributed by atoms with Crippen molar-refractivity contribution in [2.45, 2.75) is 0 Å². The normalized spacial score (nSPS) is 10.6. The monoisotopic (exact) mass is 384 g/mol. The Morgan fingerprint density at radius 2 is 1.08 bits per heavy atom. The number of rotatable bonds is 7. The molecular weight excluding hydrogens is 364 g/mol. The van der Waals surface area contributed by atoms with Gasteiger partial charge in [0.1, 0.15) is 0 Å². The van der Waals surface area contributed by atoms with E-state index in [0.29, 0.717) is 23.3 Å². The smallest absolute Gasteiger partial charge is 0.187 e. The van der Waals surface area contributed by atoms with Gasteiger partial charge in [0.05, 0.1) is 12.4 Å². The maximum Gasteiger partial charge on any atom is 0.187 e. The molecule has 0 fully saturated rings. The van der Waals surface area contributed by atoms with Crippen molar-refractivity contribution in [3.63, 3.8) is 0 Å². The molecule has 0 saturated heterocycles. The molecule has 2 rings (SSSR count). The number of nitrogens with one attached hydrogen (secondary N) is 4. The van der Waals surface area contributed by atoms with Crippen molar-refractivity contribution < 1.29 is 0 Å². The van der Waals surface area contributed by atoms with Crippen LogP contribution in [0.3, 0.4) is 0 Å². The third-order valence-corrected chi connectivity index (χ3v) is 3.53. The topological polar surface area (TPSA) is 72.8 Å². The van der Waals surface area contributed by atoms with E-state index in [9.17, 15) is 0 Å². The first-order valence-corrected chi connectivity index (χ1v) is 8.79. The minimum atomic E-state index is 0.444. The molecule has 0 unspecified atom stereocenters. The maximum absolute atomic E-state index is 5.14. The molecule has 0 bridgehead atoms. The van der Waals surface area contributed by atoms with E-state index in [2.05, 4.69) is 31.7 Å². The Hall–Kier alpha value is -2.84. The predicted octanol–water partition coefficient (Wildman–Crippen LogP) is 1.98. The molecule has 8 heteroatoms. The van der Waals surface area contributed by atoms with E-state index >= 15 is 0 Å². The van der Waals surface area contributed by atoms with Crippen molar-refractivity contribution in [1.82, 2.24) is 21.5 Å². The number of hydrogen-bond donors (Lipinski definition) is 4. The minimum absolute atomic E-state index is 0.444. The Labute approximate surface area is 163 Å². The molecule has 0 aliphatic rings. The van der Waals surface area contributed by atoms with Gasteiger partial charge in [-0.3, -0.25) is 10.9 Å². The van der Waals surface area contributed by atoms with Gasteiger partial charge in [0, 0.05) is 13.1 Å². The van der Waals surface area contributed by atoms with Crippen LogP contribution >= 0.6 is 24.4 Å². The molecular formula is C18H20N6S2. The molecule has 0 heterocycles. The zero-order chi connectivity index (χ0) is 18.5. The van der Waals surface area contributed by atoms with E-state index in [4.69, 9.17) is 24.4 Å². The predicted molar refractivity (Wildman–Crippen MR) is 116 cm³/mol. The Bertz CT molecular complexity index is 681. The van der Waals surface area contributed by atoms with Crippen LogP contribution < -0.4 is 21.5 Å². The number of nitrogens with zero attached hydrogens (tertiary/aromatic N) is 2. The summed E-state index contributed by atoms with van der Waals surface area (Å²) < 4.78 is 0. The number of benzene rings is 2. The molecule has 2 aromatic carbocycles. The van der Waals surface area contributed by atoms with Crippen molar-refractivity contribution in [1.29, 1.82) is 0 Å². The highest BCUT2D eigenvalue weighted by molar-refractivity contribution is 7.80. The molecule has 0 aliphatic carbocycles. The lowest BCUT2D eigenvalue weighted by atomic mass is 10.2. The summed E-state index contributed by atoms with van der Waals surface area (Å²) in [7, 11) is 0. The van der Waals surface area contributed by atoms with Gasteiger partial charge in [0.25, 0.3) is 0 Å². The van der Waals surface area contributed by atoms with E-state index in [1.807, 2.05) is 60.7 Å². The molecule has 6 nitrogen and oxygen atoms in total. The molecule has 0 spiro atoms. The zero-order valence-electron chi connectivity index (χ0n) is 14.1. The summed E-state index contributed by atoms with van der Waals surface area (Å²) in [6.07, 6.45) is 3.41. The average molecular weight is 385 g/mol. The van der Waals surface area contributed by atoms with Gasteiger partial charge in [-0.05, 0) is 35.6 Å². The molecule has 2 aromatic rings. The van der Waals surface area contributed by atoms with Crippen LogP contribution in [0.25, 0.3) is 0 Å². The minimum Gasteiger partial charge on any atom is -0.360 e. The summed E-state index contributed by atoms with van der Waals surface area (Å²) in [4.78, 5) is 0. The van der Waals surface area contributed by atoms with Crippen LogP contribution in [0.2, 0.25) is 0 Å². The van der Waals surface area contributed by atoms with E-state index in [0.717, 1.165) is 11.1 Å². The van der Waals surface area contributed by atoms with Crippen molar-refractivity contribution in [2.24, 2.45) is 10.2 Å². The molecule has 0 aromatic heterocycles. The summed E-state index contributed by atoms with van der Waals surface area (Å²) in [5.74, 6) is 0. The Kier molecular flexibility index (Phi) is 8.74. The highest BCUT2D eigenvalue weighted by Gasteiger charge is 1.95. The van der Waals surface area contributed by atoms with E-state index in [1.54, 1.807) is 12.4 Å². The van der Waals surface area contributed by atoms with Crippen molar-refractivity contribution in [3.05, 3.63) is 71.8 Å². The second-order valence-electron chi connectivity index (χ2n) is 5.07. The molecule has 0 amide bonds. The lowest BCUT2D eigenvalue weighted by Crippen LogP contribution is -2.40. The molecule has 4 N–H and O–H groups in total. The highest BCUT2D eigenvalue weighted by Crippen LogP contribution is 1.93. The molecule has 0 atom stereocenters. The van der Waals surface area contributed by atoms with Crippen LogP contribution in [0.4, 0.5) is 0 Å². The third-order valence-electron chi connectivity index (χ3n) is 3.05. The quantitative estimate of drug-likeness (QED) is 0.253. The van der Waals surface area contributed by atoms with Gasteiger partial charge in [0.15, 0.2) is 10.2 Å². The van der Waals surface area contributed by atoms with Crippen LogP contribution in [0.5, 0.6) is 0 Å². The standard InChI is InChI=1S/C18H20N6S2/c25-17(23-21-13-15-7-3-1-4-8-15)19-11-12-20-18(26)24-22-14-16-9-5-2-6-10-16/h1-10,13-14H,11-12H2,(H2,19,23,25)(H2,20,24,26)/b21-13+,22-14+. The largest absolute Gasteiger partial charge is 0.360 e. The van der Waals surface area contributed by atoms with Crippen LogP contribution in [0, 0.1) is 0 Å². The summed E-state index contributed by atoms with van der Waals surface area (Å²) in [5.41, 5.74) is 7.52. The van der Waals surface area contributed by atoms with Gasteiger partial charge in [-0.1, -0.05) is 60.7 Å². The van der Waals surface area contributed by atoms with E-state index in [1.165, 1.54) is 0 Å². The molecule has 0 saturated carbocycles. The first kappa shape index (κ1) is 19.5. The summed E-state index contributed by atoms with van der Waals surface area (Å²) in [6.45, 7) is 1.19. The first-order chi connectivity index (χ1) is 12.7. The Morgan fingerprint density at radius 3 is 1.46 bits per heavy atom. The summed E-state index contributed by atoms with van der Waals surface area (Å²) in [5, 5.41) is 15.1. The fraction of sp³-hybridized carbons (Fsp3) is 0.111. The third kappa shape index (κ3) is 8.32. The second-order valence-corrected chi connectivity index (χ2v) is 5.89. The van der Waals surface area contributed by atoms with Crippen LogP contribution in [0.15, 0.2) is 70.9 Å². The van der Waals surface area contributed by atoms with Gasteiger partial charge in [-0.15, -0.1) is 0 Å². The lowest BCUT2D eigenvalue weighted by Gasteiger charge is -2.09. The zero-order valence-corrected chi connectivity index (χ0v) is 15.7. The van der Waals surface area contributed by atoms with Gasteiger partial charge in [-0.25, -0.2) is 0 Å². The highest BCUT2D eigenvalue weighted by atomic mass is 32.1. The lowest BCUT2D eigenvalue weighted by molar-refractivity contribution is 0.783. The van der Waals surface area contributed by atoms with Gasteiger partial charge < -0.3 is 10.6 Å².